The second-order valence-corrected chi connectivity index (χ2v) is 3.69. The molecule has 0 saturated carbocycles. The zero-order valence-corrected chi connectivity index (χ0v) is 9.23. The number of imidazole rings is 1. The van der Waals surface area contributed by atoms with Crippen LogP contribution < -0.4 is 0 Å². The average molecular weight is 202 g/mol. The van der Waals surface area contributed by atoms with Crippen molar-refractivity contribution < 1.29 is 0 Å². The van der Waals surface area contributed by atoms with Gasteiger partial charge in [-0.1, -0.05) is 0 Å². The highest BCUT2D eigenvalue weighted by Gasteiger charge is 2.03. The first kappa shape index (κ1) is 9.83. The third-order valence-electron chi connectivity index (χ3n) is 2.51. The van der Waals surface area contributed by atoms with E-state index in [4.69, 9.17) is 0 Å². The number of nitrogens with zero attached hydrogens (tertiary/aromatic N) is 4. The molecule has 0 N–H and O–H groups in total. The minimum atomic E-state index is 0.736. The van der Waals surface area contributed by atoms with Crippen LogP contribution in [0.5, 0.6) is 0 Å². The summed E-state index contributed by atoms with van der Waals surface area (Å²) >= 11 is 0. The molecule has 0 atom stereocenters. The largest absolute Gasteiger partial charge is 0.329 e. The van der Waals surface area contributed by atoms with Crippen LogP contribution in [0.25, 0.3) is 0 Å². The average Bonchev–Trinajstić information content (AvgIpc) is 2.53. The lowest BCUT2D eigenvalue weighted by Gasteiger charge is -2.04. The van der Waals surface area contributed by atoms with E-state index in [2.05, 4.69) is 26.4 Å². The quantitative estimate of drug-likeness (QED) is 0.743. The maximum atomic E-state index is 4.31. The van der Waals surface area contributed by atoms with Gasteiger partial charge in [0, 0.05) is 11.9 Å². The predicted molar refractivity (Wildman–Crippen MR) is 57.6 cm³/mol. The highest BCUT2D eigenvalue weighted by Crippen LogP contribution is 2.06. The summed E-state index contributed by atoms with van der Waals surface area (Å²) < 4.78 is 2.08. The minimum absolute atomic E-state index is 0.736. The molecule has 2 heterocycles. The Hall–Kier alpha value is -1.71. The molecule has 0 aliphatic heterocycles. The first-order chi connectivity index (χ1) is 7.16. The van der Waals surface area contributed by atoms with Crippen LogP contribution in [0.4, 0.5) is 0 Å². The van der Waals surface area contributed by atoms with Crippen molar-refractivity contribution in [3.8, 4) is 0 Å². The molecule has 78 valence electrons. The van der Waals surface area contributed by atoms with Gasteiger partial charge in [-0.05, 0) is 20.8 Å². The Labute approximate surface area is 89.0 Å². The summed E-state index contributed by atoms with van der Waals surface area (Å²) in [5.41, 5.74) is 4.14. The number of hydrogen-bond acceptors (Lipinski definition) is 3. The topological polar surface area (TPSA) is 43.6 Å². The van der Waals surface area contributed by atoms with E-state index in [0.717, 1.165) is 23.6 Å². The third kappa shape index (κ3) is 2.03. The normalized spacial score (nSPS) is 10.6. The van der Waals surface area contributed by atoms with Gasteiger partial charge in [0.05, 0.1) is 36.2 Å². The zero-order valence-electron chi connectivity index (χ0n) is 9.23. The second-order valence-electron chi connectivity index (χ2n) is 3.69. The fourth-order valence-electron chi connectivity index (χ4n) is 1.38. The summed E-state index contributed by atoms with van der Waals surface area (Å²) in [6, 6.07) is 0. The zero-order chi connectivity index (χ0) is 10.8. The molecule has 0 fully saturated rings. The van der Waals surface area contributed by atoms with Crippen molar-refractivity contribution in [3.05, 3.63) is 41.5 Å². The van der Waals surface area contributed by atoms with Crippen LogP contribution in [0.15, 0.2) is 18.7 Å². The molecule has 2 aromatic heterocycles. The molecule has 4 heteroatoms. The molecule has 2 rings (SSSR count). The molecule has 0 aromatic carbocycles. The molecule has 4 nitrogen and oxygen atoms in total. The summed E-state index contributed by atoms with van der Waals surface area (Å²) in [4.78, 5) is 12.8. The summed E-state index contributed by atoms with van der Waals surface area (Å²) in [6.45, 7) is 6.74. The molecule has 0 amide bonds. The van der Waals surface area contributed by atoms with Crippen molar-refractivity contribution in [1.29, 1.82) is 0 Å². The van der Waals surface area contributed by atoms with Gasteiger partial charge in [0.2, 0.25) is 0 Å². The molecule has 0 bridgehead atoms. The van der Waals surface area contributed by atoms with E-state index in [1.165, 1.54) is 5.69 Å². The van der Waals surface area contributed by atoms with Gasteiger partial charge < -0.3 is 4.57 Å². The Morgan fingerprint density at radius 2 is 1.87 bits per heavy atom. The summed E-state index contributed by atoms with van der Waals surface area (Å²) in [6.07, 6.45) is 5.44. The first-order valence-electron chi connectivity index (χ1n) is 4.92. The van der Waals surface area contributed by atoms with E-state index >= 15 is 0 Å². The van der Waals surface area contributed by atoms with Crippen LogP contribution in [0.3, 0.4) is 0 Å². The van der Waals surface area contributed by atoms with E-state index in [-0.39, 0.29) is 0 Å². The standard InChI is InChI=1S/C11H14N4/c1-8-4-13-11(5-12-8)6-15-7-14-9(2)10(15)3/h4-5,7H,6H2,1-3H3. The highest BCUT2D eigenvalue weighted by molar-refractivity contribution is 5.11. The number of hydrogen-bond donors (Lipinski definition) is 0. The fraction of sp³-hybridized carbons (Fsp3) is 0.364. The molecular formula is C11H14N4. The van der Waals surface area contributed by atoms with Crippen LogP contribution in [0, 0.1) is 20.8 Å². The van der Waals surface area contributed by atoms with Crippen molar-refractivity contribution in [2.75, 3.05) is 0 Å². The van der Waals surface area contributed by atoms with Gasteiger partial charge in [-0.2, -0.15) is 0 Å². The van der Waals surface area contributed by atoms with Crippen molar-refractivity contribution in [2.45, 2.75) is 27.3 Å². The molecule has 0 aliphatic carbocycles. The molecule has 0 radical (unpaired) electrons. The fourth-order valence-corrected chi connectivity index (χ4v) is 1.38. The van der Waals surface area contributed by atoms with Gasteiger partial charge in [0.1, 0.15) is 0 Å². The van der Waals surface area contributed by atoms with E-state index in [1.807, 2.05) is 26.4 Å². The van der Waals surface area contributed by atoms with Gasteiger partial charge in [0.25, 0.3) is 0 Å². The van der Waals surface area contributed by atoms with Crippen LogP contribution in [-0.2, 0) is 6.54 Å². The summed E-state index contributed by atoms with van der Waals surface area (Å²) in [7, 11) is 0. The lowest BCUT2D eigenvalue weighted by atomic mass is 10.3. The molecule has 2 aromatic rings. The SMILES string of the molecule is Cc1cnc(Cn2cnc(C)c2C)cn1. The Balaban J connectivity index is 2.22. The van der Waals surface area contributed by atoms with Crippen LogP contribution in [-0.4, -0.2) is 19.5 Å². The van der Waals surface area contributed by atoms with Gasteiger partial charge in [-0.15, -0.1) is 0 Å². The smallest absolute Gasteiger partial charge is 0.0955 e. The van der Waals surface area contributed by atoms with Crippen molar-refractivity contribution in [1.82, 2.24) is 19.5 Å². The minimum Gasteiger partial charge on any atom is -0.329 e. The van der Waals surface area contributed by atoms with Gasteiger partial charge in [-0.3, -0.25) is 9.97 Å². The number of rotatable bonds is 2. The van der Waals surface area contributed by atoms with E-state index in [1.54, 1.807) is 6.20 Å². The van der Waals surface area contributed by atoms with Gasteiger partial charge in [0.15, 0.2) is 0 Å². The molecule has 0 spiro atoms. The lowest BCUT2D eigenvalue weighted by molar-refractivity contribution is 0.741. The van der Waals surface area contributed by atoms with Crippen LogP contribution in [0.2, 0.25) is 0 Å². The monoisotopic (exact) mass is 202 g/mol. The number of aromatic nitrogens is 4. The van der Waals surface area contributed by atoms with Gasteiger partial charge in [-0.25, -0.2) is 4.98 Å². The molecule has 0 saturated heterocycles. The molecular weight excluding hydrogens is 188 g/mol. The Morgan fingerprint density at radius 3 is 2.40 bits per heavy atom. The Morgan fingerprint density at radius 1 is 1.07 bits per heavy atom. The maximum absolute atomic E-state index is 4.31. The summed E-state index contributed by atoms with van der Waals surface area (Å²) in [5, 5.41) is 0. The van der Waals surface area contributed by atoms with Crippen LogP contribution in [0.1, 0.15) is 22.8 Å². The highest BCUT2D eigenvalue weighted by atomic mass is 15.1. The third-order valence-corrected chi connectivity index (χ3v) is 2.51. The van der Waals surface area contributed by atoms with E-state index < -0.39 is 0 Å². The van der Waals surface area contributed by atoms with E-state index in [0.29, 0.717) is 0 Å². The maximum Gasteiger partial charge on any atom is 0.0955 e. The van der Waals surface area contributed by atoms with Crippen molar-refractivity contribution >= 4 is 0 Å². The summed E-state index contributed by atoms with van der Waals surface area (Å²) in [5.74, 6) is 0. The first-order valence-corrected chi connectivity index (χ1v) is 4.92. The Kier molecular flexibility index (Phi) is 2.49. The predicted octanol–water partition coefficient (Wildman–Crippen LogP) is 1.65. The molecule has 0 unspecified atom stereocenters. The number of aryl methyl sites for hydroxylation is 2. The Bertz CT molecular complexity index is 456. The second kappa shape index (κ2) is 3.81. The molecule has 15 heavy (non-hydrogen) atoms. The van der Waals surface area contributed by atoms with E-state index in [9.17, 15) is 0 Å². The molecule has 0 aliphatic rings. The van der Waals surface area contributed by atoms with Crippen molar-refractivity contribution in [2.24, 2.45) is 0 Å². The van der Waals surface area contributed by atoms with Gasteiger partial charge >= 0.3 is 0 Å². The lowest BCUT2D eigenvalue weighted by Crippen LogP contribution is -2.03. The van der Waals surface area contributed by atoms with Crippen molar-refractivity contribution in [3.63, 3.8) is 0 Å². The van der Waals surface area contributed by atoms with Crippen LogP contribution >= 0.6 is 0 Å².